The van der Waals surface area contributed by atoms with Crippen molar-refractivity contribution in [3.63, 3.8) is 0 Å². The molecule has 0 radical (unpaired) electrons. The van der Waals surface area contributed by atoms with E-state index in [0.717, 1.165) is 12.0 Å². The van der Waals surface area contributed by atoms with Gasteiger partial charge in [0.2, 0.25) is 5.13 Å². The highest BCUT2D eigenvalue weighted by Gasteiger charge is 2.48. The number of ether oxygens (including phenoxy) is 4. The molecule has 1 atom stereocenters. The molecule has 3 heterocycles. The van der Waals surface area contributed by atoms with Crippen molar-refractivity contribution in [2.45, 2.75) is 43.3 Å². The number of hydrogen-bond donors (Lipinski definition) is 1. The van der Waals surface area contributed by atoms with Crippen LogP contribution < -0.4 is 23.8 Å². The summed E-state index contributed by atoms with van der Waals surface area (Å²) in [6.07, 6.45) is 0.866. The Morgan fingerprint density at radius 2 is 1.79 bits per heavy atom. The minimum absolute atomic E-state index is 0.0868. The Morgan fingerprint density at radius 1 is 1.00 bits per heavy atom. The smallest absolute Gasteiger partial charge is 0.301 e. The molecule has 0 spiro atoms. The van der Waals surface area contributed by atoms with Crippen LogP contribution in [-0.4, -0.2) is 53.4 Å². The molecule has 1 unspecified atom stereocenters. The third-order valence-electron chi connectivity index (χ3n) is 7.60. The number of Topliss-reactive ketones (excluding diaryl/α,β-unsaturated/α-hetero) is 1. The van der Waals surface area contributed by atoms with E-state index in [2.05, 4.69) is 24.0 Å². The Morgan fingerprint density at radius 3 is 2.55 bits per heavy atom. The second-order valence-electron chi connectivity index (χ2n) is 11.3. The van der Waals surface area contributed by atoms with Crippen LogP contribution in [-0.2, 0) is 15.3 Å². The molecule has 6 rings (SSSR count). The maximum Gasteiger partial charge on any atom is 0.301 e. The first-order chi connectivity index (χ1) is 22.8. The number of rotatable bonds is 12. The predicted octanol–water partition coefficient (Wildman–Crippen LogP) is 7.05. The van der Waals surface area contributed by atoms with Gasteiger partial charge in [0, 0.05) is 11.3 Å². The lowest BCUT2D eigenvalue weighted by Gasteiger charge is -2.24. The van der Waals surface area contributed by atoms with Crippen LogP contribution in [0, 0.1) is 5.92 Å². The number of anilines is 1. The zero-order valence-corrected chi connectivity index (χ0v) is 27.9. The normalized spacial score (nSPS) is 16.9. The van der Waals surface area contributed by atoms with E-state index in [-0.39, 0.29) is 16.5 Å². The molecule has 0 bridgehead atoms. The van der Waals surface area contributed by atoms with Gasteiger partial charge in [-0.2, -0.15) is 0 Å². The standard InChI is InChI=1S/C35H35N3O7S2/c1-4-42-27-18-23(10-12-25(27)43-15-14-21(2)3)30-29(31(39)24-11-13-26-28(19-24)45-17-16-44-26)32(40)33(41)38(30)34-36-37-35(47-34)46-20-22-8-6-5-7-9-22/h5-13,18-19,21,30,39H,4,14-17,20H2,1-3H3/b31-29-. The molecule has 244 valence electrons. The molecule has 12 heteroatoms. The number of aliphatic hydroxyl groups excluding tert-OH is 1. The number of carbonyl (C=O) groups excluding carboxylic acids is 2. The lowest BCUT2D eigenvalue weighted by Crippen LogP contribution is -2.29. The predicted molar refractivity (Wildman–Crippen MR) is 181 cm³/mol. The molecule has 10 nitrogen and oxygen atoms in total. The fourth-order valence-corrected chi connectivity index (χ4v) is 7.08. The Labute approximate surface area is 281 Å². The first-order valence-corrected chi connectivity index (χ1v) is 17.2. The number of aliphatic hydroxyl groups is 1. The van der Waals surface area contributed by atoms with Gasteiger partial charge in [-0.15, -0.1) is 10.2 Å². The van der Waals surface area contributed by atoms with Crippen LogP contribution >= 0.6 is 23.1 Å². The molecule has 2 aliphatic rings. The summed E-state index contributed by atoms with van der Waals surface area (Å²) in [6.45, 7) is 7.77. The van der Waals surface area contributed by atoms with E-state index in [4.69, 9.17) is 18.9 Å². The summed E-state index contributed by atoms with van der Waals surface area (Å²) in [7, 11) is 0. The van der Waals surface area contributed by atoms with Crippen LogP contribution in [0.15, 0.2) is 76.6 Å². The zero-order chi connectivity index (χ0) is 32.9. The van der Waals surface area contributed by atoms with Gasteiger partial charge in [-0.05, 0) is 60.7 Å². The number of fused-ring (bicyclic) bond motifs is 1. The third kappa shape index (κ3) is 7.08. The second-order valence-corrected chi connectivity index (χ2v) is 13.5. The number of nitrogens with zero attached hydrogens (tertiary/aromatic N) is 3. The SMILES string of the molecule is CCOc1cc(C2/C(=C(/O)c3ccc4c(c3)OCCO4)C(=O)C(=O)N2c2nnc(SCc3ccccc3)s2)ccc1OCCC(C)C. The van der Waals surface area contributed by atoms with Gasteiger partial charge in [-0.1, -0.05) is 73.3 Å². The van der Waals surface area contributed by atoms with Crippen molar-refractivity contribution >= 4 is 45.7 Å². The van der Waals surface area contributed by atoms with Gasteiger partial charge < -0.3 is 24.1 Å². The second kappa shape index (κ2) is 14.5. The number of carbonyl (C=O) groups is 2. The topological polar surface area (TPSA) is 120 Å². The van der Waals surface area contributed by atoms with Crippen molar-refractivity contribution in [1.29, 1.82) is 0 Å². The number of aromatic nitrogens is 2. The van der Waals surface area contributed by atoms with Crippen molar-refractivity contribution in [1.82, 2.24) is 10.2 Å². The van der Waals surface area contributed by atoms with E-state index in [1.807, 2.05) is 37.3 Å². The zero-order valence-electron chi connectivity index (χ0n) is 26.3. The largest absolute Gasteiger partial charge is 0.507 e. The van der Waals surface area contributed by atoms with E-state index in [1.54, 1.807) is 36.4 Å². The third-order valence-corrected chi connectivity index (χ3v) is 9.73. The molecule has 4 aromatic rings. The number of hydrogen-bond acceptors (Lipinski definition) is 11. The average molecular weight is 674 g/mol. The molecule has 1 fully saturated rings. The first kappa shape index (κ1) is 32.4. The minimum atomic E-state index is -1.02. The van der Waals surface area contributed by atoms with Gasteiger partial charge in [-0.25, -0.2) is 0 Å². The summed E-state index contributed by atoms with van der Waals surface area (Å²) < 4.78 is 24.0. The van der Waals surface area contributed by atoms with Gasteiger partial charge in [-0.3, -0.25) is 14.5 Å². The minimum Gasteiger partial charge on any atom is -0.507 e. The van der Waals surface area contributed by atoms with E-state index in [1.165, 1.54) is 28.0 Å². The molecule has 2 aliphatic heterocycles. The highest BCUT2D eigenvalue weighted by atomic mass is 32.2. The molecular formula is C35H35N3O7S2. The lowest BCUT2D eigenvalue weighted by atomic mass is 9.95. The number of benzene rings is 3. The van der Waals surface area contributed by atoms with Crippen molar-refractivity contribution in [2.75, 3.05) is 31.3 Å². The van der Waals surface area contributed by atoms with Crippen LogP contribution in [0.5, 0.6) is 23.0 Å². The van der Waals surface area contributed by atoms with Gasteiger partial charge in [0.1, 0.15) is 19.0 Å². The van der Waals surface area contributed by atoms with Crippen LogP contribution in [0.4, 0.5) is 5.13 Å². The average Bonchev–Trinajstić information content (AvgIpc) is 3.65. The first-order valence-electron chi connectivity index (χ1n) is 15.4. The quantitative estimate of drug-likeness (QED) is 0.0551. The Hall–Kier alpha value is -4.55. The van der Waals surface area contributed by atoms with Crippen molar-refractivity contribution in [3.05, 3.63) is 89.0 Å². The lowest BCUT2D eigenvalue weighted by molar-refractivity contribution is -0.132. The maximum absolute atomic E-state index is 13.8. The number of amides is 1. The fraction of sp³-hybridized carbons (Fsp3) is 0.314. The Bertz CT molecular complexity index is 1790. The molecule has 3 aromatic carbocycles. The molecule has 1 N–H and O–H groups in total. The summed E-state index contributed by atoms with van der Waals surface area (Å²) in [5, 5.41) is 20.6. The van der Waals surface area contributed by atoms with Gasteiger partial charge in [0.05, 0.1) is 24.8 Å². The number of thioether (sulfide) groups is 1. The van der Waals surface area contributed by atoms with E-state index >= 15 is 0 Å². The summed E-state index contributed by atoms with van der Waals surface area (Å²) in [5.74, 6) is 1.12. The van der Waals surface area contributed by atoms with E-state index in [0.29, 0.717) is 76.6 Å². The summed E-state index contributed by atoms with van der Waals surface area (Å²) >= 11 is 2.70. The number of ketones is 1. The van der Waals surface area contributed by atoms with Gasteiger partial charge in [0.15, 0.2) is 27.3 Å². The van der Waals surface area contributed by atoms with Crippen molar-refractivity contribution < 1.29 is 33.6 Å². The molecular weight excluding hydrogens is 639 g/mol. The van der Waals surface area contributed by atoms with Gasteiger partial charge >= 0.3 is 5.91 Å². The summed E-state index contributed by atoms with van der Waals surface area (Å²) in [4.78, 5) is 28.9. The fourth-order valence-electron chi connectivity index (χ4n) is 5.26. The van der Waals surface area contributed by atoms with Crippen LogP contribution in [0.3, 0.4) is 0 Å². The molecule has 0 saturated carbocycles. The molecule has 0 aliphatic carbocycles. The molecule has 1 amide bonds. The van der Waals surface area contributed by atoms with E-state index < -0.39 is 17.7 Å². The van der Waals surface area contributed by atoms with Crippen molar-refractivity contribution in [2.24, 2.45) is 5.92 Å². The van der Waals surface area contributed by atoms with E-state index in [9.17, 15) is 14.7 Å². The van der Waals surface area contributed by atoms with Crippen molar-refractivity contribution in [3.8, 4) is 23.0 Å². The highest BCUT2D eigenvalue weighted by molar-refractivity contribution is 8.00. The molecule has 1 aromatic heterocycles. The maximum atomic E-state index is 13.8. The molecule has 47 heavy (non-hydrogen) atoms. The summed E-state index contributed by atoms with van der Waals surface area (Å²) in [6, 6.07) is 19.1. The van der Waals surface area contributed by atoms with Crippen LogP contribution in [0.2, 0.25) is 0 Å². The molecule has 1 saturated heterocycles. The Balaban J connectivity index is 1.41. The monoisotopic (exact) mass is 673 g/mol. The van der Waals surface area contributed by atoms with Crippen LogP contribution in [0.25, 0.3) is 5.76 Å². The van der Waals surface area contributed by atoms with Crippen LogP contribution in [0.1, 0.15) is 49.9 Å². The summed E-state index contributed by atoms with van der Waals surface area (Å²) in [5.41, 5.74) is 1.88. The highest BCUT2D eigenvalue weighted by Crippen LogP contribution is 2.46. The van der Waals surface area contributed by atoms with Gasteiger partial charge in [0.25, 0.3) is 5.78 Å². The Kier molecular flexibility index (Phi) is 9.98.